The van der Waals surface area contributed by atoms with Crippen LogP contribution in [0.15, 0.2) is 60.8 Å². The van der Waals surface area contributed by atoms with Crippen LogP contribution in [0.4, 0.5) is 11.5 Å². The van der Waals surface area contributed by atoms with E-state index >= 15 is 0 Å². The number of anilines is 2. The number of rotatable bonds is 6. The number of likely N-dealkylation sites (tertiary alicyclic amines) is 1. The molecule has 6 nitrogen and oxygen atoms in total. The molecule has 0 saturated carbocycles. The molecule has 1 aliphatic rings. The molecule has 0 aliphatic carbocycles. The van der Waals surface area contributed by atoms with Gasteiger partial charge in [0.25, 0.3) is 0 Å². The standard InChI is InChI=1S/C25H26Cl2N6/c1-31-12-10-21(16-31)32(2)20-7-4-17(5-8-20)23-14-25(33-24(30-23)9-11-29-33)28-15-18-3-6-19(26)13-22(18)27/h3-9,11,13-14,21,28H,10,12,15-16H2,1-2H3. The van der Waals surface area contributed by atoms with Gasteiger partial charge in [-0.15, -0.1) is 0 Å². The van der Waals surface area contributed by atoms with Crippen molar-refractivity contribution in [1.82, 2.24) is 19.5 Å². The van der Waals surface area contributed by atoms with E-state index < -0.39 is 0 Å². The SMILES string of the molecule is CN1CCC(N(C)c2ccc(-c3cc(NCc4ccc(Cl)cc4Cl)n4nccc4n3)cc2)C1. The molecule has 1 saturated heterocycles. The van der Waals surface area contributed by atoms with Crippen LogP contribution in [0.3, 0.4) is 0 Å². The molecule has 1 N–H and O–H groups in total. The van der Waals surface area contributed by atoms with Gasteiger partial charge in [0.15, 0.2) is 5.65 Å². The average Bonchev–Trinajstić information content (AvgIpc) is 3.47. The molecule has 2 aromatic carbocycles. The number of nitrogens with one attached hydrogen (secondary N) is 1. The molecule has 0 bridgehead atoms. The summed E-state index contributed by atoms with van der Waals surface area (Å²) in [4.78, 5) is 9.57. The molecule has 2 aromatic heterocycles. The minimum atomic E-state index is 0.550. The predicted octanol–water partition coefficient (Wildman–Crippen LogP) is 5.46. The van der Waals surface area contributed by atoms with Crippen molar-refractivity contribution in [2.75, 3.05) is 37.4 Å². The summed E-state index contributed by atoms with van der Waals surface area (Å²) in [7, 11) is 4.36. The Balaban J connectivity index is 1.39. The highest BCUT2D eigenvalue weighted by atomic mass is 35.5. The molecule has 33 heavy (non-hydrogen) atoms. The van der Waals surface area contributed by atoms with E-state index in [-0.39, 0.29) is 0 Å². The van der Waals surface area contributed by atoms with Crippen molar-refractivity contribution in [1.29, 1.82) is 0 Å². The monoisotopic (exact) mass is 480 g/mol. The van der Waals surface area contributed by atoms with E-state index in [1.165, 1.54) is 12.1 Å². The third-order valence-corrected chi connectivity index (χ3v) is 6.91. The van der Waals surface area contributed by atoms with Crippen LogP contribution in [0, 0.1) is 0 Å². The van der Waals surface area contributed by atoms with Gasteiger partial charge in [-0.2, -0.15) is 9.61 Å². The van der Waals surface area contributed by atoms with Crippen molar-refractivity contribution in [3.05, 3.63) is 76.4 Å². The topological polar surface area (TPSA) is 48.7 Å². The van der Waals surface area contributed by atoms with Crippen molar-refractivity contribution in [3.63, 3.8) is 0 Å². The van der Waals surface area contributed by atoms with Crippen LogP contribution in [0.5, 0.6) is 0 Å². The Kier molecular flexibility index (Phi) is 6.15. The van der Waals surface area contributed by atoms with E-state index in [0.29, 0.717) is 22.6 Å². The van der Waals surface area contributed by atoms with Gasteiger partial charge < -0.3 is 15.1 Å². The lowest BCUT2D eigenvalue weighted by atomic mass is 10.1. The van der Waals surface area contributed by atoms with Crippen molar-refractivity contribution < 1.29 is 0 Å². The number of benzene rings is 2. The van der Waals surface area contributed by atoms with Crippen LogP contribution in [0.2, 0.25) is 10.0 Å². The van der Waals surface area contributed by atoms with E-state index in [2.05, 4.69) is 58.6 Å². The van der Waals surface area contributed by atoms with Gasteiger partial charge in [0.05, 0.1) is 11.9 Å². The van der Waals surface area contributed by atoms with Gasteiger partial charge in [-0.3, -0.25) is 0 Å². The molecule has 1 fully saturated rings. The quantitative estimate of drug-likeness (QED) is 0.397. The molecule has 4 aromatic rings. The maximum Gasteiger partial charge on any atom is 0.157 e. The average molecular weight is 481 g/mol. The van der Waals surface area contributed by atoms with Crippen molar-refractivity contribution in [2.45, 2.75) is 19.0 Å². The number of nitrogens with zero attached hydrogens (tertiary/aromatic N) is 5. The van der Waals surface area contributed by atoms with Crippen LogP contribution in [0.1, 0.15) is 12.0 Å². The summed E-state index contributed by atoms with van der Waals surface area (Å²) in [6.45, 7) is 2.80. The summed E-state index contributed by atoms with van der Waals surface area (Å²) in [5.74, 6) is 0.848. The zero-order valence-corrected chi connectivity index (χ0v) is 20.2. The number of hydrogen-bond acceptors (Lipinski definition) is 5. The first-order valence-corrected chi connectivity index (χ1v) is 11.8. The Morgan fingerprint density at radius 1 is 1.09 bits per heavy atom. The van der Waals surface area contributed by atoms with Gasteiger partial charge in [0.2, 0.25) is 0 Å². The van der Waals surface area contributed by atoms with E-state index in [1.807, 2.05) is 24.3 Å². The van der Waals surface area contributed by atoms with E-state index in [1.54, 1.807) is 16.8 Å². The minimum absolute atomic E-state index is 0.550. The molecule has 1 aliphatic heterocycles. The fraction of sp³-hybridized carbons (Fsp3) is 0.280. The van der Waals surface area contributed by atoms with Crippen molar-refractivity contribution in [2.24, 2.45) is 0 Å². The van der Waals surface area contributed by atoms with E-state index in [0.717, 1.165) is 41.4 Å². The number of hydrogen-bond donors (Lipinski definition) is 1. The lowest BCUT2D eigenvalue weighted by molar-refractivity contribution is 0.409. The molecule has 3 heterocycles. The smallest absolute Gasteiger partial charge is 0.157 e. The number of fused-ring (bicyclic) bond motifs is 1. The summed E-state index contributed by atoms with van der Waals surface area (Å²) in [5.41, 5.74) is 4.92. The van der Waals surface area contributed by atoms with Crippen molar-refractivity contribution in [3.8, 4) is 11.3 Å². The largest absolute Gasteiger partial charge is 0.370 e. The summed E-state index contributed by atoms with van der Waals surface area (Å²) in [5, 5.41) is 9.13. The Morgan fingerprint density at radius 2 is 1.91 bits per heavy atom. The first kappa shape index (κ1) is 22.0. The maximum absolute atomic E-state index is 6.35. The number of halogens is 2. The first-order chi connectivity index (χ1) is 16.0. The van der Waals surface area contributed by atoms with Gasteiger partial charge >= 0.3 is 0 Å². The molecule has 1 atom stereocenters. The second-order valence-electron chi connectivity index (χ2n) is 8.58. The van der Waals surface area contributed by atoms with Crippen LogP contribution < -0.4 is 10.2 Å². The predicted molar refractivity (Wildman–Crippen MR) is 137 cm³/mol. The number of aromatic nitrogens is 3. The zero-order chi connectivity index (χ0) is 22.9. The van der Waals surface area contributed by atoms with Crippen LogP contribution in [0.25, 0.3) is 16.9 Å². The lowest BCUT2D eigenvalue weighted by Crippen LogP contribution is -2.33. The molecular weight excluding hydrogens is 455 g/mol. The van der Waals surface area contributed by atoms with Gasteiger partial charge in [0, 0.05) is 59.6 Å². The second kappa shape index (κ2) is 9.21. The molecule has 8 heteroatoms. The zero-order valence-electron chi connectivity index (χ0n) is 18.7. The summed E-state index contributed by atoms with van der Waals surface area (Å²) in [6, 6.07) is 18.6. The van der Waals surface area contributed by atoms with Crippen LogP contribution in [-0.2, 0) is 6.54 Å². The lowest BCUT2D eigenvalue weighted by Gasteiger charge is -2.26. The van der Waals surface area contributed by atoms with Gasteiger partial charge in [0.1, 0.15) is 5.82 Å². The molecule has 1 unspecified atom stereocenters. The fourth-order valence-electron chi connectivity index (χ4n) is 4.34. The maximum atomic E-state index is 6.35. The summed E-state index contributed by atoms with van der Waals surface area (Å²) >= 11 is 12.4. The number of likely N-dealkylation sites (N-methyl/N-ethyl adjacent to an activating group) is 2. The molecule has 0 spiro atoms. The third-order valence-electron chi connectivity index (χ3n) is 6.32. The molecule has 0 amide bonds. The molecular formula is C25H26Cl2N6. The highest BCUT2D eigenvalue weighted by Crippen LogP contribution is 2.28. The highest BCUT2D eigenvalue weighted by Gasteiger charge is 2.23. The Bertz CT molecular complexity index is 1270. The molecule has 0 radical (unpaired) electrons. The van der Waals surface area contributed by atoms with Gasteiger partial charge in [-0.25, -0.2) is 4.98 Å². The fourth-order valence-corrected chi connectivity index (χ4v) is 4.82. The second-order valence-corrected chi connectivity index (χ2v) is 9.42. The minimum Gasteiger partial charge on any atom is -0.370 e. The molecule has 5 rings (SSSR count). The van der Waals surface area contributed by atoms with Crippen LogP contribution >= 0.6 is 23.2 Å². The summed E-state index contributed by atoms with van der Waals surface area (Å²) < 4.78 is 1.80. The first-order valence-electron chi connectivity index (χ1n) is 11.0. The summed E-state index contributed by atoms with van der Waals surface area (Å²) in [6.07, 6.45) is 2.95. The van der Waals surface area contributed by atoms with E-state index in [4.69, 9.17) is 28.2 Å². The molecule has 170 valence electrons. The van der Waals surface area contributed by atoms with Crippen LogP contribution in [-0.4, -0.2) is 52.7 Å². The van der Waals surface area contributed by atoms with Gasteiger partial charge in [-0.1, -0.05) is 41.4 Å². The Hall–Kier alpha value is -2.80. The normalized spacial score (nSPS) is 16.4. The third kappa shape index (κ3) is 4.64. The Morgan fingerprint density at radius 3 is 2.64 bits per heavy atom. The van der Waals surface area contributed by atoms with Crippen molar-refractivity contribution >= 4 is 40.4 Å². The van der Waals surface area contributed by atoms with Gasteiger partial charge in [-0.05, 0) is 49.8 Å². The van der Waals surface area contributed by atoms with E-state index in [9.17, 15) is 0 Å². The highest BCUT2D eigenvalue weighted by molar-refractivity contribution is 6.35. The Labute approximate surface area is 203 Å².